The maximum Gasteiger partial charge on any atom is 0.165 e. The van der Waals surface area contributed by atoms with Gasteiger partial charge in [-0.15, -0.1) is 0 Å². The van der Waals surface area contributed by atoms with E-state index in [9.17, 15) is 9.90 Å². The third kappa shape index (κ3) is 1.64. The predicted octanol–water partition coefficient (Wildman–Crippen LogP) is 1.60. The van der Waals surface area contributed by atoms with E-state index in [4.69, 9.17) is 0 Å². The zero-order valence-electron chi connectivity index (χ0n) is 7.50. The van der Waals surface area contributed by atoms with Gasteiger partial charge in [0.2, 0.25) is 0 Å². The summed E-state index contributed by atoms with van der Waals surface area (Å²) in [5.74, 6) is 0.0599. The lowest BCUT2D eigenvalue weighted by Gasteiger charge is -1.98. The van der Waals surface area contributed by atoms with Gasteiger partial charge < -0.3 is 5.11 Å². The molecule has 0 radical (unpaired) electrons. The van der Waals surface area contributed by atoms with Crippen LogP contribution in [0.2, 0.25) is 0 Å². The molecule has 1 atom stereocenters. The lowest BCUT2D eigenvalue weighted by atomic mass is 10.1. The molecule has 1 rings (SSSR count). The van der Waals surface area contributed by atoms with Crippen LogP contribution in [0.15, 0.2) is 23.3 Å². The predicted molar refractivity (Wildman–Crippen MR) is 47.8 cm³/mol. The number of allylic oxidation sites excluding steroid dienone is 3. The summed E-state index contributed by atoms with van der Waals surface area (Å²) in [5, 5.41) is 9.33. The molecule has 0 aliphatic heterocycles. The monoisotopic (exact) mass is 166 g/mol. The summed E-state index contributed by atoms with van der Waals surface area (Å²) in [5.41, 5.74) is 1.51. The van der Waals surface area contributed by atoms with Crippen molar-refractivity contribution in [1.29, 1.82) is 0 Å². The SMILES string of the molecule is CC/C=C/C1=C(C)C(O)CC1=O. The third-order valence-corrected chi connectivity index (χ3v) is 2.12. The van der Waals surface area contributed by atoms with E-state index in [1.165, 1.54) is 0 Å². The topological polar surface area (TPSA) is 37.3 Å². The molecule has 66 valence electrons. The van der Waals surface area contributed by atoms with Gasteiger partial charge >= 0.3 is 0 Å². The Morgan fingerprint density at radius 2 is 2.33 bits per heavy atom. The second-order valence-corrected chi connectivity index (χ2v) is 3.05. The summed E-state index contributed by atoms with van der Waals surface area (Å²) in [6.07, 6.45) is 4.38. The number of carbonyl (C=O) groups is 1. The molecule has 0 amide bonds. The zero-order chi connectivity index (χ0) is 9.14. The van der Waals surface area contributed by atoms with Gasteiger partial charge in [-0.2, -0.15) is 0 Å². The van der Waals surface area contributed by atoms with Crippen LogP contribution >= 0.6 is 0 Å². The van der Waals surface area contributed by atoms with E-state index in [0.717, 1.165) is 12.0 Å². The molecule has 1 aliphatic rings. The van der Waals surface area contributed by atoms with Crippen LogP contribution in [0.5, 0.6) is 0 Å². The number of aliphatic hydroxyl groups excluding tert-OH is 1. The molecule has 0 saturated heterocycles. The van der Waals surface area contributed by atoms with Crippen molar-refractivity contribution in [3.63, 3.8) is 0 Å². The average molecular weight is 166 g/mol. The van der Waals surface area contributed by atoms with Gasteiger partial charge in [-0.3, -0.25) is 4.79 Å². The zero-order valence-corrected chi connectivity index (χ0v) is 7.50. The van der Waals surface area contributed by atoms with Gasteiger partial charge in [0.15, 0.2) is 5.78 Å². The van der Waals surface area contributed by atoms with Crippen molar-refractivity contribution in [2.24, 2.45) is 0 Å². The van der Waals surface area contributed by atoms with E-state index in [2.05, 4.69) is 0 Å². The second-order valence-electron chi connectivity index (χ2n) is 3.05. The highest BCUT2D eigenvalue weighted by Crippen LogP contribution is 2.23. The normalized spacial score (nSPS) is 24.6. The molecule has 0 heterocycles. The Labute approximate surface area is 72.6 Å². The van der Waals surface area contributed by atoms with E-state index >= 15 is 0 Å². The van der Waals surface area contributed by atoms with Crippen molar-refractivity contribution < 1.29 is 9.90 Å². The van der Waals surface area contributed by atoms with Gasteiger partial charge in [-0.1, -0.05) is 19.1 Å². The first-order valence-corrected chi connectivity index (χ1v) is 4.25. The van der Waals surface area contributed by atoms with E-state index in [1.807, 2.05) is 26.0 Å². The quantitative estimate of drug-likeness (QED) is 0.676. The van der Waals surface area contributed by atoms with Crippen molar-refractivity contribution in [2.45, 2.75) is 32.8 Å². The standard InChI is InChI=1S/C10H14O2/c1-3-4-5-8-7(2)9(11)6-10(8)12/h4-5,9,11H,3,6H2,1-2H3/b5-4+. The minimum absolute atomic E-state index is 0.0599. The first-order valence-electron chi connectivity index (χ1n) is 4.25. The van der Waals surface area contributed by atoms with Gasteiger partial charge in [-0.05, 0) is 18.9 Å². The average Bonchev–Trinajstić information content (AvgIpc) is 2.25. The Morgan fingerprint density at radius 3 is 2.75 bits per heavy atom. The summed E-state index contributed by atoms with van der Waals surface area (Å²) in [6, 6.07) is 0. The van der Waals surface area contributed by atoms with Crippen LogP contribution in [0.4, 0.5) is 0 Å². The van der Waals surface area contributed by atoms with Crippen LogP contribution in [-0.4, -0.2) is 17.0 Å². The smallest absolute Gasteiger partial charge is 0.165 e. The summed E-state index contributed by atoms with van der Waals surface area (Å²) in [4.78, 5) is 11.2. The number of rotatable bonds is 2. The Morgan fingerprint density at radius 1 is 1.67 bits per heavy atom. The maximum absolute atomic E-state index is 11.2. The summed E-state index contributed by atoms with van der Waals surface area (Å²) in [7, 11) is 0. The second kappa shape index (κ2) is 3.68. The minimum Gasteiger partial charge on any atom is -0.388 e. The van der Waals surface area contributed by atoms with Crippen LogP contribution in [-0.2, 0) is 4.79 Å². The van der Waals surface area contributed by atoms with Gasteiger partial charge in [0.1, 0.15) is 0 Å². The molecule has 0 aromatic heterocycles. The molecule has 1 aliphatic carbocycles. The van der Waals surface area contributed by atoms with E-state index in [0.29, 0.717) is 5.57 Å². The van der Waals surface area contributed by atoms with E-state index < -0.39 is 6.10 Å². The van der Waals surface area contributed by atoms with Gasteiger partial charge in [0.05, 0.1) is 6.10 Å². The van der Waals surface area contributed by atoms with Gasteiger partial charge in [0, 0.05) is 12.0 Å². The first kappa shape index (κ1) is 9.20. The molecule has 12 heavy (non-hydrogen) atoms. The van der Waals surface area contributed by atoms with Crippen LogP contribution in [0.3, 0.4) is 0 Å². The largest absolute Gasteiger partial charge is 0.388 e. The fourth-order valence-corrected chi connectivity index (χ4v) is 1.30. The molecule has 0 aromatic carbocycles. The van der Waals surface area contributed by atoms with Crippen LogP contribution in [0.25, 0.3) is 0 Å². The van der Waals surface area contributed by atoms with Crippen molar-refractivity contribution in [2.75, 3.05) is 0 Å². The van der Waals surface area contributed by atoms with Crippen LogP contribution in [0, 0.1) is 0 Å². The Balaban J connectivity index is 2.85. The summed E-state index contributed by atoms with van der Waals surface area (Å²) < 4.78 is 0. The number of Topliss-reactive ketones (excluding diaryl/α,β-unsaturated/α-hetero) is 1. The number of ketones is 1. The van der Waals surface area contributed by atoms with E-state index in [-0.39, 0.29) is 12.2 Å². The fraction of sp³-hybridized carbons (Fsp3) is 0.500. The highest BCUT2D eigenvalue weighted by atomic mass is 16.3. The van der Waals surface area contributed by atoms with Crippen molar-refractivity contribution >= 4 is 5.78 Å². The molecule has 1 N–H and O–H groups in total. The van der Waals surface area contributed by atoms with E-state index in [1.54, 1.807) is 0 Å². The molecule has 0 aromatic rings. The molecular weight excluding hydrogens is 152 g/mol. The van der Waals surface area contributed by atoms with Crippen molar-refractivity contribution in [3.05, 3.63) is 23.3 Å². The maximum atomic E-state index is 11.2. The molecule has 0 spiro atoms. The molecule has 0 fully saturated rings. The van der Waals surface area contributed by atoms with Gasteiger partial charge in [-0.25, -0.2) is 0 Å². The Hall–Kier alpha value is -0.890. The van der Waals surface area contributed by atoms with Gasteiger partial charge in [0.25, 0.3) is 0 Å². The fourth-order valence-electron chi connectivity index (χ4n) is 1.30. The number of aliphatic hydroxyl groups is 1. The van der Waals surface area contributed by atoms with Crippen LogP contribution < -0.4 is 0 Å². The van der Waals surface area contributed by atoms with Crippen molar-refractivity contribution in [3.8, 4) is 0 Å². The number of hydrogen-bond acceptors (Lipinski definition) is 2. The highest BCUT2D eigenvalue weighted by molar-refractivity contribution is 6.01. The molecular formula is C10H14O2. The molecule has 2 nitrogen and oxygen atoms in total. The first-order chi connectivity index (χ1) is 5.66. The number of hydrogen-bond donors (Lipinski definition) is 1. The Bertz CT molecular complexity index is 249. The Kier molecular flexibility index (Phi) is 2.82. The lowest BCUT2D eigenvalue weighted by molar-refractivity contribution is -0.115. The van der Waals surface area contributed by atoms with Crippen LogP contribution in [0.1, 0.15) is 26.7 Å². The third-order valence-electron chi connectivity index (χ3n) is 2.12. The van der Waals surface area contributed by atoms with Crippen molar-refractivity contribution in [1.82, 2.24) is 0 Å². The molecule has 1 unspecified atom stereocenters. The molecule has 0 bridgehead atoms. The molecule has 2 heteroatoms. The molecule has 0 saturated carbocycles. The highest BCUT2D eigenvalue weighted by Gasteiger charge is 2.25. The lowest BCUT2D eigenvalue weighted by Crippen LogP contribution is -2.03. The number of carbonyl (C=O) groups excluding carboxylic acids is 1. The minimum atomic E-state index is -0.547. The summed E-state index contributed by atoms with van der Waals surface area (Å²) >= 11 is 0. The summed E-state index contributed by atoms with van der Waals surface area (Å²) in [6.45, 7) is 3.83.